The van der Waals surface area contributed by atoms with E-state index in [4.69, 9.17) is 0 Å². The quantitative estimate of drug-likeness (QED) is 0.658. The van der Waals surface area contributed by atoms with Crippen molar-refractivity contribution in [2.75, 3.05) is 0 Å². The van der Waals surface area contributed by atoms with E-state index in [1.54, 1.807) is 6.21 Å². The number of carbonyl (C=O) groups excluding carboxylic acids is 1. The van der Waals surface area contributed by atoms with Crippen LogP contribution in [-0.2, 0) is 0 Å². The molecule has 1 heterocycles. The molecule has 5 heteroatoms. The van der Waals surface area contributed by atoms with E-state index in [9.17, 15) is 9.18 Å². The molecule has 0 unspecified atom stereocenters. The maximum absolute atomic E-state index is 12.6. The number of hydrogen-bond donors (Lipinski definition) is 1. The summed E-state index contributed by atoms with van der Waals surface area (Å²) in [6.45, 7) is 0. The first-order valence-electron chi connectivity index (χ1n) is 4.88. The number of thiophene rings is 1. The summed E-state index contributed by atoms with van der Waals surface area (Å²) >= 11 is 1.52. The van der Waals surface area contributed by atoms with Gasteiger partial charge in [-0.1, -0.05) is 6.07 Å². The van der Waals surface area contributed by atoms with E-state index in [1.807, 2.05) is 17.5 Å². The monoisotopic (exact) mass is 248 g/mol. The Bertz CT molecular complexity index is 520. The molecule has 0 bridgehead atoms. The topological polar surface area (TPSA) is 41.5 Å². The number of halogens is 1. The minimum absolute atomic E-state index is 0.363. The molecule has 1 amide bonds. The Kier molecular flexibility index (Phi) is 3.62. The number of carbonyl (C=O) groups is 1. The largest absolute Gasteiger partial charge is 0.271 e. The van der Waals surface area contributed by atoms with Crippen molar-refractivity contribution in [1.82, 2.24) is 5.43 Å². The third-order valence-electron chi connectivity index (χ3n) is 2.01. The van der Waals surface area contributed by atoms with Crippen molar-refractivity contribution in [3.63, 3.8) is 0 Å². The van der Waals surface area contributed by atoms with Crippen molar-refractivity contribution in [2.45, 2.75) is 0 Å². The number of rotatable bonds is 3. The molecule has 1 N–H and O–H groups in total. The fourth-order valence-electron chi connectivity index (χ4n) is 1.19. The number of hydrogen-bond acceptors (Lipinski definition) is 3. The maximum atomic E-state index is 12.6. The molecule has 0 saturated carbocycles. The van der Waals surface area contributed by atoms with E-state index in [0.29, 0.717) is 5.56 Å². The molecular formula is C12H9FN2OS. The number of hydrazone groups is 1. The molecule has 0 fully saturated rings. The van der Waals surface area contributed by atoms with E-state index >= 15 is 0 Å². The number of nitrogens with zero attached hydrogens (tertiary/aromatic N) is 1. The smallest absolute Gasteiger partial charge is 0.267 e. The Morgan fingerprint density at radius 2 is 2.06 bits per heavy atom. The van der Waals surface area contributed by atoms with Crippen LogP contribution >= 0.6 is 11.3 Å². The van der Waals surface area contributed by atoms with Crippen LogP contribution in [0.2, 0.25) is 0 Å². The number of amides is 1. The third-order valence-corrected chi connectivity index (χ3v) is 2.81. The summed E-state index contributed by atoms with van der Waals surface area (Å²) in [5.41, 5.74) is 2.74. The lowest BCUT2D eigenvalue weighted by atomic mass is 10.2. The van der Waals surface area contributed by atoms with Gasteiger partial charge in [0, 0.05) is 10.4 Å². The van der Waals surface area contributed by atoms with Gasteiger partial charge in [0.2, 0.25) is 0 Å². The Morgan fingerprint density at radius 1 is 1.29 bits per heavy atom. The standard InChI is InChI=1S/C12H9FN2OS/c13-10-5-3-9(4-6-10)12(16)15-14-8-11-2-1-7-17-11/h1-8H,(H,15,16)/b14-8+. The Balaban J connectivity index is 1.96. The van der Waals surface area contributed by atoms with Crippen LogP contribution in [0.1, 0.15) is 15.2 Å². The van der Waals surface area contributed by atoms with E-state index < -0.39 is 0 Å². The van der Waals surface area contributed by atoms with Crippen LogP contribution in [0.15, 0.2) is 46.9 Å². The molecule has 3 nitrogen and oxygen atoms in total. The number of nitrogens with one attached hydrogen (secondary N) is 1. The van der Waals surface area contributed by atoms with Crippen molar-refractivity contribution in [3.8, 4) is 0 Å². The van der Waals surface area contributed by atoms with E-state index in [1.165, 1.54) is 35.6 Å². The molecule has 1 aromatic heterocycles. The first-order valence-corrected chi connectivity index (χ1v) is 5.76. The average Bonchev–Trinajstić information content (AvgIpc) is 2.83. The molecule has 86 valence electrons. The van der Waals surface area contributed by atoms with Gasteiger partial charge >= 0.3 is 0 Å². The van der Waals surface area contributed by atoms with Crippen molar-refractivity contribution in [1.29, 1.82) is 0 Å². The highest BCUT2D eigenvalue weighted by Gasteiger charge is 2.03. The zero-order chi connectivity index (χ0) is 12.1. The summed E-state index contributed by atoms with van der Waals surface area (Å²) in [4.78, 5) is 12.5. The molecule has 17 heavy (non-hydrogen) atoms. The normalized spacial score (nSPS) is 10.6. The van der Waals surface area contributed by atoms with Crippen molar-refractivity contribution in [3.05, 3.63) is 58.0 Å². The molecule has 2 aromatic rings. The molecule has 0 aliphatic rings. The van der Waals surface area contributed by atoms with E-state index in [2.05, 4.69) is 10.5 Å². The maximum Gasteiger partial charge on any atom is 0.271 e. The first-order chi connectivity index (χ1) is 8.25. The van der Waals surface area contributed by atoms with Gasteiger partial charge in [0.25, 0.3) is 5.91 Å². The van der Waals surface area contributed by atoms with Gasteiger partial charge in [-0.3, -0.25) is 4.79 Å². The fourth-order valence-corrected chi connectivity index (χ4v) is 1.77. The first kappa shape index (κ1) is 11.5. The second-order valence-electron chi connectivity index (χ2n) is 3.22. The van der Waals surface area contributed by atoms with Crippen LogP contribution in [0, 0.1) is 5.82 Å². The summed E-state index contributed by atoms with van der Waals surface area (Å²) in [5.74, 6) is -0.735. The van der Waals surface area contributed by atoms with Crippen LogP contribution < -0.4 is 5.43 Å². The molecule has 2 rings (SSSR count). The summed E-state index contributed by atoms with van der Waals surface area (Å²) in [7, 11) is 0. The summed E-state index contributed by atoms with van der Waals surface area (Å²) in [6.07, 6.45) is 1.56. The van der Waals surface area contributed by atoms with E-state index in [0.717, 1.165) is 4.88 Å². The highest BCUT2D eigenvalue weighted by molar-refractivity contribution is 7.11. The van der Waals surface area contributed by atoms with Crippen molar-refractivity contribution >= 4 is 23.5 Å². The highest BCUT2D eigenvalue weighted by atomic mass is 32.1. The predicted octanol–water partition coefficient (Wildman–Crippen LogP) is 2.65. The van der Waals surface area contributed by atoms with Gasteiger partial charge in [-0.05, 0) is 35.7 Å². The SMILES string of the molecule is O=C(N/N=C/c1cccs1)c1ccc(F)cc1. The van der Waals surface area contributed by atoms with Gasteiger partial charge in [0.05, 0.1) is 6.21 Å². The molecule has 1 aromatic carbocycles. The third kappa shape index (κ3) is 3.22. The Labute approximate surface area is 102 Å². The zero-order valence-corrected chi connectivity index (χ0v) is 9.58. The van der Waals surface area contributed by atoms with Gasteiger partial charge in [0.15, 0.2) is 0 Å². The summed E-state index contributed by atoms with van der Waals surface area (Å²) in [5, 5.41) is 5.72. The molecule has 0 atom stereocenters. The molecule has 0 saturated heterocycles. The van der Waals surface area contributed by atoms with Gasteiger partial charge in [-0.25, -0.2) is 9.82 Å². The predicted molar refractivity (Wildman–Crippen MR) is 65.8 cm³/mol. The number of benzene rings is 1. The molecule has 0 aliphatic heterocycles. The Morgan fingerprint density at radius 3 is 2.71 bits per heavy atom. The minimum Gasteiger partial charge on any atom is -0.267 e. The molecule has 0 aliphatic carbocycles. The van der Waals surface area contributed by atoms with Crippen molar-refractivity contribution < 1.29 is 9.18 Å². The van der Waals surface area contributed by atoms with E-state index in [-0.39, 0.29) is 11.7 Å². The lowest BCUT2D eigenvalue weighted by Crippen LogP contribution is -2.17. The van der Waals surface area contributed by atoms with Crippen LogP contribution in [0.4, 0.5) is 4.39 Å². The van der Waals surface area contributed by atoms with Crippen molar-refractivity contribution in [2.24, 2.45) is 5.10 Å². The van der Waals surface area contributed by atoms with Crippen LogP contribution in [0.3, 0.4) is 0 Å². The molecular weight excluding hydrogens is 239 g/mol. The minimum atomic E-state index is -0.372. The van der Waals surface area contributed by atoms with Crippen LogP contribution in [0.25, 0.3) is 0 Å². The van der Waals surface area contributed by atoms with Crippen LogP contribution in [-0.4, -0.2) is 12.1 Å². The lowest BCUT2D eigenvalue weighted by Gasteiger charge is -1.98. The molecule has 0 spiro atoms. The zero-order valence-electron chi connectivity index (χ0n) is 8.76. The van der Waals surface area contributed by atoms with Crippen LogP contribution in [0.5, 0.6) is 0 Å². The Hall–Kier alpha value is -2.01. The van der Waals surface area contributed by atoms with Gasteiger partial charge in [-0.15, -0.1) is 11.3 Å². The lowest BCUT2D eigenvalue weighted by molar-refractivity contribution is 0.0955. The second-order valence-corrected chi connectivity index (χ2v) is 4.20. The van der Waals surface area contributed by atoms with Gasteiger partial charge in [-0.2, -0.15) is 5.10 Å². The average molecular weight is 248 g/mol. The highest BCUT2D eigenvalue weighted by Crippen LogP contribution is 2.05. The summed E-state index contributed by atoms with van der Waals surface area (Å²) in [6, 6.07) is 9.07. The summed E-state index contributed by atoms with van der Waals surface area (Å²) < 4.78 is 12.6. The van der Waals surface area contributed by atoms with Gasteiger partial charge < -0.3 is 0 Å². The van der Waals surface area contributed by atoms with Gasteiger partial charge in [0.1, 0.15) is 5.82 Å². The fraction of sp³-hybridized carbons (Fsp3) is 0. The second kappa shape index (κ2) is 5.36. The molecule has 0 radical (unpaired) electrons.